The van der Waals surface area contributed by atoms with E-state index in [4.69, 9.17) is 9.47 Å². The second-order valence-corrected chi connectivity index (χ2v) is 5.60. The van der Waals surface area contributed by atoms with E-state index in [0.717, 1.165) is 29.7 Å². The Hall–Kier alpha value is -2.33. The number of amides is 1. The Morgan fingerprint density at radius 1 is 1.04 bits per heavy atom. The number of benzene rings is 2. The summed E-state index contributed by atoms with van der Waals surface area (Å²) in [6, 6.07) is 17.8. The van der Waals surface area contributed by atoms with Crippen LogP contribution in [-0.2, 0) is 22.7 Å². The Morgan fingerprint density at radius 2 is 1.83 bits per heavy atom. The molecule has 0 fully saturated rings. The lowest BCUT2D eigenvalue weighted by Gasteiger charge is -2.09. The molecule has 0 heterocycles. The molecule has 1 amide bonds. The first-order chi connectivity index (χ1) is 11.8. The van der Waals surface area contributed by atoms with Crippen molar-refractivity contribution in [3.8, 4) is 5.75 Å². The second kappa shape index (κ2) is 10.4. The number of nitrogens with one attached hydrogen (secondary N) is 1. The molecule has 0 saturated carbocycles. The molecule has 0 unspecified atom stereocenters. The van der Waals surface area contributed by atoms with Gasteiger partial charge in [0.25, 0.3) is 0 Å². The molecule has 4 heteroatoms. The van der Waals surface area contributed by atoms with Crippen molar-refractivity contribution < 1.29 is 14.3 Å². The van der Waals surface area contributed by atoms with Crippen LogP contribution in [0.4, 0.5) is 0 Å². The van der Waals surface area contributed by atoms with Crippen LogP contribution in [0, 0.1) is 0 Å². The lowest BCUT2D eigenvalue weighted by molar-refractivity contribution is -0.125. The van der Waals surface area contributed by atoms with Crippen molar-refractivity contribution in [1.82, 2.24) is 5.32 Å². The minimum Gasteiger partial charge on any atom is -0.489 e. The number of rotatable bonds is 10. The quantitative estimate of drug-likeness (QED) is 0.677. The zero-order valence-electron chi connectivity index (χ0n) is 14.2. The predicted molar refractivity (Wildman–Crippen MR) is 94.8 cm³/mol. The zero-order chi connectivity index (χ0) is 17.0. The van der Waals surface area contributed by atoms with E-state index >= 15 is 0 Å². The summed E-state index contributed by atoms with van der Waals surface area (Å²) in [7, 11) is 0. The van der Waals surface area contributed by atoms with E-state index in [9.17, 15) is 4.79 Å². The monoisotopic (exact) mass is 327 g/mol. The molecule has 4 nitrogen and oxygen atoms in total. The Morgan fingerprint density at radius 3 is 2.62 bits per heavy atom. The summed E-state index contributed by atoms with van der Waals surface area (Å²) >= 11 is 0. The normalized spacial score (nSPS) is 10.4. The number of ether oxygens (including phenoxy) is 2. The van der Waals surface area contributed by atoms with Crippen molar-refractivity contribution in [1.29, 1.82) is 0 Å². The fourth-order valence-electron chi connectivity index (χ4n) is 2.15. The highest BCUT2D eigenvalue weighted by atomic mass is 16.5. The molecule has 0 radical (unpaired) electrons. The summed E-state index contributed by atoms with van der Waals surface area (Å²) in [5.41, 5.74) is 2.13. The van der Waals surface area contributed by atoms with Crippen LogP contribution in [0.15, 0.2) is 54.6 Å². The number of unbranched alkanes of at least 4 members (excludes halogenated alkanes) is 1. The zero-order valence-corrected chi connectivity index (χ0v) is 14.2. The van der Waals surface area contributed by atoms with Crippen LogP contribution in [0.1, 0.15) is 30.9 Å². The van der Waals surface area contributed by atoms with Gasteiger partial charge in [0, 0.05) is 13.2 Å². The van der Waals surface area contributed by atoms with Gasteiger partial charge in [-0.3, -0.25) is 4.79 Å². The van der Waals surface area contributed by atoms with Crippen LogP contribution < -0.4 is 10.1 Å². The van der Waals surface area contributed by atoms with Crippen molar-refractivity contribution in [2.24, 2.45) is 0 Å². The lowest BCUT2D eigenvalue weighted by Crippen LogP contribution is -2.27. The van der Waals surface area contributed by atoms with E-state index < -0.39 is 0 Å². The van der Waals surface area contributed by atoms with Crippen molar-refractivity contribution in [3.63, 3.8) is 0 Å². The largest absolute Gasteiger partial charge is 0.489 e. The van der Waals surface area contributed by atoms with Crippen LogP contribution in [-0.4, -0.2) is 19.1 Å². The molecule has 0 saturated heterocycles. The average Bonchev–Trinajstić information content (AvgIpc) is 2.63. The van der Waals surface area contributed by atoms with Crippen molar-refractivity contribution in [2.75, 3.05) is 13.2 Å². The average molecular weight is 327 g/mol. The van der Waals surface area contributed by atoms with Gasteiger partial charge >= 0.3 is 0 Å². The molecular weight excluding hydrogens is 302 g/mol. The second-order valence-electron chi connectivity index (χ2n) is 5.60. The highest BCUT2D eigenvalue weighted by Crippen LogP contribution is 2.15. The van der Waals surface area contributed by atoms with Crippen LogP contribution >= 0.6 is 0 Å². The molecule has 0 spiro atoms. The molecule has 24 heavy (non-hydrogen) atoms. The van der Waals surface area contributed by atoms with E-state index in [0.29, 0.717) is 19.8 Å². The summed E-state index contributed by atoms with van der Waals surface area (Å²) < 4.78 is 11.1. The first-order valence-corrected chi connectivity index (χ1v) is 8.38. The maximum atomic E-state index is 11.7. The van der Waals surface area contributed by atoms with Gasteiger partial charge in [0.1, 0.15) is 19.0 Å². The first-order valence-electron chi connectivity index (χ1n) is 8.38. The lowest BCUT2D eigenvalue weighted by atomic mass is 10.2. The summed E-state index contributed by atoms with van der Waals surface area (Å²) in [5, 5.41) is 2.86. The third-order valence-electron chi connectivity index (χ3n) is 3.51. The highest BCUT2D eigenvalue weighted by Gasteiger charge is 2.03. The van der Waals surface area contributed by atoms with E-state index in [1.807, 2.05) is 54.6 Å². The van der Waals surface area contributed by atoms with E-state index in [1.54, 1.807) is 0 Å². The fraction of sp³-hybridized carbons (Fsp3) is 0.350. The van der Waals surface area contributed by atoms with Gasteiger partial charge in [-0.1, -0.05) is 55.8 Å². The summed E-state index contributed by atoms with van der Waals surface area (Å²) in [4.78, 5) is 11.7. The standard InChI is InChI=1S/C20H25NO3/c1-2-3-12-23-16-20(22)21-14-18-10-7-11-19(13-18)24-15-17-8-5-4-6-9-17/h4-11,13H,2-3,12,14-16H2,1H3,(H,21,22). The molecule has 128 valence electrons. The third kappa shape index (κ3) is 6.84. The topological polar surface area (TPSA) is 47.6 Å². The minimum absolute atomic E-state index is 0.0956. The number of carbonyl (C=O) groups is 1. The Balaban J connectivity index is 1.75. The highest BCUT2D eigenvalue weighted by molar-refractivity contribution is 5.77. The maximum absolute atomic E-state index is 11.7. The molecule has 0 aliphatic rings. The SMILES string of the molecule is CCCCOCC(=O)NCc1cccc(OCc2ccccc2)c1. The Bertz CT molecular complexity index is 613. The van der Waals surface area contributed by atoms with Gasteiger partial charge in [-0.2, -0.15) is 0 Å². The molecule has 2 aromatic carbocycles. The summed E-state index contributed by atoms with van der Waals surface area (Å²) in [5.74, 6) is 0.700. The molecule has 2 aromatic rings. The van der Waals surface area contributed by atoms with Crippen LogP contribution in [0.3, 0.4) is 0 Å². The predicted octanol–water partition coefficient (Wildman–Crippen LogP) is 3.70. The van der Waals surface area contributed by atoms with Gasteiger partial charge in [0.15, 0.2) is 0 Å². The molecule has 0 aliphatic carbocycles. The Labute approximate surface area is 143 Å². The van der Waals surface area contributed by atoms with E-state index in [2.05, 4.69) is 12.2 Å². The molecule has 2 rings (SSSR count). The molecule has 0 aromatic heterocycles. The number of hydrogen-bond donors (Lipinski definition) is 1. The van der Waals surface area contributed by atoms with Crippen molar-refractivity contribution in [2.45, 2.75) is 32.9 Å². The number of carbonyl (C=O) groups excluding carboxylic acids is 1. The van der Waals surface area contributed by atoms with Crippen LogP contribution in [0.25, 0.3) is 0 Å². The first kappa shape index (κ1) is 18.0. The van der Waals surface area contributed by atoms with Crippen molar-refractivity contribution >= 4 is 5.91 Å². The molecule has 0 aliphatic heterocycles. The summed E-state index contributed by atoms with van der Waals surface area (Å²) in [6.45, 7) is 3.84. The number of hydrogen-bond acceptors (Lipinski definition) is 3. The van der Waals surface area contributed by atoms with Gasteiger partial charge in [0.2, 0.25) is 5.91 Å². The van der Waals surface area contributed by atoms with Crippen molar-refractivity contribution in [3.05, 3.63) is 65.7 Å². The molecule has 0 atom stereocenters. The van der Waals surface area contributed by atoms with E-state index in [-0.39, 0.29) is 12.5 Å². The fourth-order valence-corrected chi connectivity index (χ4v) is 2.15. The molecular formula is C20H25NO3. The van der Waals surface area contributed by atoms with Crippen LogP contribution in [0.2, 0.25) is 0 Å². The molecule has 0 bridgehead atoms. The maximum Gasteiger partial charge on any atom is 0.246 e. The van der Waals surface area contributed by atoms with Crippen LogP contribution in [0.5, 0.6) is 5.75 Å². The van der Waals surface area contributed by atoms with Gasteiger partial charge in [-0.25, -0.2) is 0 Å². The smallest absolute Gasteiger partial charge is 0.246 e. The van der Waals surface area contributed by atoms with E-state index in [1.165, 1.54) is 0 Å². The summed E-state index contributed by atoms with van der Waals surface area (Å²) in [6.07, 6.45) is 2.05. The Kier molecular flexibility index (Phi) is 7.84. The molecule has 1 N–H and O–H groups in total. The van der Waals surface area contributed by atoms with Gasteiger partial charge in [-0.15, -0.1) is 0 Å². The van der Waals surface area contributed by atoms with Gasteiger partial charge in [0.05, 0.1) is 0 Å². The third-order valence-corrected chi connectivity index (χ3v) is 3.51. The minimum atomic E-state index is -0.0956. The van der Waals surface area contributed by atoms with Gasteiger partial charge in [-0.05, 0) is 29.7 Å². The van der Waals surface area contributed by atoms with Gasteiger partial charge < -0.3 is 14.8 Å².